The number of nitrogens with two attached hydrogens (primary N) is 1. The summed E-state index contributed by atoms with van der Waals surface area (Å²) in [7, 11) is -2.31. The number of nitrogen functional groups attached to an aromatic ring is 1. The van der Waals surface area contributed by atoms with E-state index in [1.165, 1.54) is 13.3 Å². The zero-order valence-corrected chi connectivity index (χ0v) is 10.7. The third-order valence-corrected chi connectivity index (χ3v) is 3.44. The highest BCUT2D eigenvalue weighted by Gasteiger charge is 2.13. The predicted octanol–water partition coefficient (Wildman–Crippen LogP) is 0.359. The van der Waals surface area contributed by atoms with Crippen molar-refractivity contribution in [2.75, 3.05) is 23.3 Å². The Labute approximate surface area is 105 Å². The number of methoxy groups -OCH3 is 1. The standard InChI is InChI=1S/C10H15N3O4S/c1-17-9(14)5-3-7-18(15,16)13-10-8(11)4-2-6-12-10/h2,4,6H,3,5,7,11H2,1H3,(H,12,13). The number of sulfonamides is 1. The number of anilines is 2. The molecule has 0 spiro atoms. The number of rotatable bonds is 6. The minimum Gasteiger partial charge on any atom is -0.469 e. The lowest BCUT2D eigenvalue weighted by molar-refractivity contribution is -0.140. The first-order chi connectivity index (χ1) is 8.44. The maximum atomic E-state index is 11.7. The van der Waals surface area contributed by atoms with Gasteiger partial charge in [-0.1, -0.05) is 0 Å². The van der Waals surface area contributed by atoms with Crippen LogP contribution < -0.4 is 10.5 Å². The van der Waals surface area contributed by atoms with Crippen molar-refractivity contribution in [3.63, 3.8) is 0 Å². The van der Waals surface area contributed by atoms with Gasteiger partial charge in [-0.15, -0.1) is 0 Å². The van der Waals surface area contributed by atoms with Gasteiger partial charge in [-0.3, -0.25) is 9.52 Å². The predicted molar refractivity (Wildman–Crippen MR) is 67.3 cm³/mol. The fraction of sp³-hybridized carbons (Fsp3) is 0.400. The number of esters is 1. The molecule has 1 heterocycles. The van der Waals surface area contributed by atoms with E-state index in [1.54, 1.807) is 12.1 Å². The SMILES string of the molecule is COC(=O)CCCS(=O)(=O)Nc1ncccc1N. The monoisotopic (exact) mass is 273 g/mol. The number of hydrogen-bond donors (Lipinski definition) is 2. The van der Waals surface area contributed by atoms with Crippen LogP contribution in [-0.4, -0.2) is 32.2 Å². The van der Waals surface area contributed by atoms with E-state index in [1.807, 2.05) is 0 Å². The Hall–Kier alpha value is -1.83. The first kappa shape index (κ1) is 14.2. The molecule has 100 valence electrons. The Kier molecular flexibility index (Phi) is 4.90. The number of pyridine rings is 1. The van der Waals surface area contributed by atoms with Gasteiger partial charge in [0.25, 0.3) is 0 Å². The van der Waals surface area contributed by atoms with E-state index < -0.39 is 16.0 Å². The molecule has 0 aliphatic carbocycles. The first-order valence-electron chi connectivity index (χ1n) is 5.22. The van der Waals surface area contributed by atoms with E-state index in [4.69, 9.17) is 5.73 Å². The van der Waals surface area contributed by atoms with Gasteiger partial charge in [0.05, 0.1) is 18.6 Å². The first-order valence-corrected chi connectivity index (χ1v) is 6.87. The normalized spacial score (nSPS) is 10.9. The summed E-state index contributed by atoms with van der Waals surface area (Å²) in [5.41, 5.74) is 5.81. The number of carbonyl (C=O) groups is 1. The largest absolute Gasteiger partial charge is 0.469 e. The summed E-state index contributed by atoms with van der Waals surface area (Å²) >= 11 is 0. The molecule has 0 bridgehead atoms. The molecular formula is C10H15N3O4S. The van der Waals surface area contributed by atoms with Gasteiger partial charge < -0.3 is 10.5 Å². The zero-order chi connectivity index (χ0) is 13.6. The molecule has 0 saturated carbocycles. The van der Waals surface area contributed by atoms with E-state index in [9.17, 15) is 13.2 Å². The maximum absolute atomic E-state index is 11.7. The minimum atomic E-state index is -3.56. The molecule has 0 aliphatic heterocycles. The van der Waals surface area contributed by atoms with Crippen LogP contribution in [-0.2, 0) is 19.6 Å². The third-order valence-electron chi connectivity index (χ3n) is 2.11. The number of carbonyl (C=O) groups excluding carboxylic acids is 1. The molecule has 0 saturated heterocycles. The summed E-state index contributed by atoms with van der Waals surface area (Å²) in [4.78, 5) is 14.7. The quantitative estimate of drug-likeness (QED) is 0.724. The Balaban J connectivity index is 2.55. The molecule has 0 aliphatic rings. The van der Waals surface area contributed by atoms with E-state index in [0.717, 1.165) is 0 Å². The number of nitrogens with one attached hydrogen (secondary N) is 1. The van der Waals surface area contributed by atoms with Crippen molar-refractivity contribution in [1.29, 1.82) is 0 Å². The molecule has 0 atom stereocenters. The summed E-state index contributed by atoms with van der Waals surface area (Å²) in [5, 5.41) is 0. The van der Waals surface area contributed by atoms with Gasteiger partial charge in [0.1, 0.15) is 0 Å². The van der Waals surface area contributed by atoms with Crippen molar-refractivity contribution < 1.29 is 17.9 Å². The van der Waals surface area contributed by atoms with Crippen molar-refractivity contribution in [3.8, 4) is 0 Å². The zero-order valence-electron chi connectivity index (χ0n) is 9.92. The van der Waals surface area contributed by atoms with Crippen molar-refractivity contribution in [1.82, 2.24) is 4.98 Å². The highest BCUT2D eigenvalue weighted by atomic mass is 32.2. The van der Waals surface area contributed by atoms with Crippen LogP contribution in [0.25, 0.3) is 0 Å². The van der Waals surface area contributed by atoms with E-state index >= 15 is 0 Å². The second-order valence-electron chi connectivity index (χ2n) is 3.54. The molecule has 0 radical (unpaired) electrons. The second-order valence-corrected chi connectivity index (χ2v) is 5.38. The number of aromatic nitrogens is 1. The highest BCUT2D eigenvalue weighted by molar-refractivity contribution is 7.92. The lowest BCUT2D eigenvalue weighted by Gasteiger charge is -2.08. The molecule has 1 aromatic rings. The van der Waals surface area contributed by atoms with Crippen LogP contribution in [0.3, 0.4) is 0 Å². The Morgan fingerprint density at radius 2 is 2.28 bits per heavy atom. The van der Waals surface area contributed by atoms with E-state index in [2.05, 4.69) is 14.4 Å². The number of nitrogens with zero attached hydrogens (tertiary/aromatic N) is 1. The molecule has 0 unspecified atom stereocenters. The highest BCUT2D eigenvalue weighted by Crippen LogP contribution is 2.15. The summed E-state index contributed by atoms with van der Waals surface area (Å²) < 4.78 is 30.0. The van der Waals surface area contributed by atoms with Crippen LogP contribution in [0.5, 0.6) is 0 Å². The molecule has 3 N–H and O–H groups in total. The van der Waals surface area contributed by atoms with Crippen molar-refractivity contribution in [2.24, 2.45) is 0 Å². The number of ether oxygens (including phenoxy) is 1. The van der Waals surface area contributed by atoms with Crippen LogP contribution >= 0.6 is 0 Å². The Morgan fingerprint density at radius 3 is 2.89 bits per heavy atom. The van der Waals surface area contributed by atoms with Crippen LogP contribution in [0, 0.1) is 0 Å². The summed E-state index contributed by atoms with van der Waals surface area (Å²) in [5.74, 6) is -0.545. The number of hydrogen-bond acceptors (Lipinski definition) is 6. The molecule has 0 fully saturated rings. The van der Waals surface area contributed by atoms with Gasteiger partial charge in [-0.2, -0.15) is 0 Å². The molecule has 8 heteroatoms. The molecule has 1 aromatic heterocycles. The van der Waals surface area contributed by atoms with Crippen molar-refractivity contribution in [2.45, 2.75) is 12.8 Å². The fourth-order valence-corrected chi connectivity index (χ4v) is 2.30. The minimum absolute atomic E-state index is 0.0507. The smallest absolute Gasteiger partial charge is 0.305 e. The van der Waals surface area contributed by atoms with Crippen LogP contribution in [0.4, 0.5) is 11.5 Å². The fourth-order valence-electron chi connectivity index (χ4n) is 1.21. The average Bonchev–Trinajstić information content (AvgIpc) is 2.31. The Bertz CT molecular complexity index is 516. The van der Waals surface area contributed by atoms with Crippen LogP contribution in [0.1, 0.15) is 12.8 Å². The van der Waals surface area contributed by atoms with E-state index in [-0.39, 0.29) is 30.1 Å². The van der Waals surface area contributed by atoms with Crippen molar-refractivity contribution in [3.05, 3.63) is 18.3 Å². The van der Waals surface area contributed by atoms with Gasteiger partial charge in [-0.05, 0) is 18.6 Å². The molecule has 0 aromatic carbocycles. The van der Waals surface area contributed by atoms with Gasteiger partial charge in [0.15, 0.2) is 5.82 Å². The topological polar surface area (TPSA) is 111 Å². The van der Waals surface area contributed by atoms with Gasteiger partial charge >= 0.3 is 5.97 Å². The molecule has 7 nitrogen and oxygen atoms in total. The van der Waals surface area contributed by atoms with Crippen LogP contribution in [0.15, 0.2) is 18.3 Å². The molecule has 0 amide bonds. The molecule has 1 rings (SSSR count). The van der Waals surface area contributed by atoms with E-state index in [0.29, 0.717) is 0 Å². The lowest BCUT2D eigenvalue weighted by Crippen LogP contribution is -2.19. The van der Waals surface area contributed by atoms with Crippen molar-refractivity contribution >= 4 is 27.5 Å². The third kappa shape index (κ3) is 4.58. The second kappa shape index (κ2) is 6.20. The van der Waals surface area contributed by atoms with Gasteiger partial charge in [0, 0.05) is 12.6 Å². The lowest BCUT2D eigenvalue weighted by atomic mass is 10.3. The summed E-state index contributed by atoms with van der Waals surface area (Å²) in [6.45, 7) is 0. The molecular weight excluding hydrogens is 258 g/mol. The average molecular weight is 273 g/mol. The van der Waals surface area contributed by atoms with Crippen LogP contribution in [0.2, 0.25) is 0 Å². The maximum Gasteiger partial charge on any atom is 0.305 e. The van der Waals surface area contributed by atoms with Gasteiger partial charge in [0.2, 0.25) is 10.0 Å². The Morgan fingerprint density at radius 1 is 1.56 bits per heavy atom. The molecule has 18 heavy (non-hydrogen) atoms. The van der Waals surface area contributed by atoms with Gasteiger partial charge in [-0.25, -0.2) is 13.4 Å². The summed E-state index contributed by atoms with van der Waals surface area (Å²) in [6, 6.07) is 3.14. The summed E-state index contributed by atoms with van der Waals surface area (Å²) in [6.07, 6.45) is 1.66.